The predicted molar refractivity (Wildman–Crippen MR) is 131 cm³/mol. The van der Waals surface area contributed by atoms with Crippen LogP contribution in [0.4, 0.5) is 17.3 Å². The third-order valence-electron chi connectivity index (χ3n) is 6.48. The molecule has 0 spiro atoms. The lowest BCUT2D eigenvalue weighted by molar-refractivity contribution is 0.0601. The highest BCUT2D eigenvalue weighted by molar-refractivity contribution is 5.94. The molecule has 0 aliphatic heterocycles. The molecule has 1 saturated carbocycles. The van der Waals surface area contributed by atoms with Gasteiger partial charge in [-0.2, -0.15) is 0 Å². The Hall–Kier alpha value is -3.02. The van der Waals surface area contributed by atoms with E-state index in [4.69, 9.17) is 9.72 Å². The summed E-state index contributed by atoms with van der Waals surface area (Å²) in [5, 5.41) is 3.55. The Morgan fingerprint density at radius 1 is 1.16 bits per heavy atom. The molecule has 1 N–H and O–H groups in total. The van der Waals surface area contributed by atoms with Crippen molar-refractivity contribution in [3.63, 3.8) is 0 Å². The zero-order chi connectivity index (χ0) is 23.0. The number of hydrogen-bond donors (Lipinski definition) is 1. The standard InChI is InChI=1S/C26H34N4O2/c1-17-13-21(16-26(2,3)15-17)30-23-12-7-18(24(31)32-6)14-22(23)28-25(30)27-19-8-10-20(11-9-19)29(4)5/h7-12,14,17,21H,13,15-16H2,1-6H3,(H,27,28)/t17-,21-/m1/s1. The van der Waals surface area contributed by atoms with Crippen molar-refractivity contribution in [2.24, 2.45) is 11.3 Å². The summed E-state index contributed by atoms with van der Waals surface area (Å²) in [5.41, 5.74) is 4.77. The number of nitrogens with one attached hydrogen (secondary N) is 1. The van der Waals surface area contributed by atoms with Gasteiger partial charge in [-0.1, -0.05) is 20.8 Å². The zero-order valence-electron chi connectivity index (χ0n) is 20.0. The smallest absolute Gasteiger partial charge is 0.337 e. The van der Waals surface area contributed by atoms with Gasteiger partial charge in [-0.3, -0.25) is 0 Å². The number of hydrogen-bond acceptors (Lipinski definition) is 5. The highest BCUT2D eigenvalue weighted by Crippen LogP contribution is 2.46. The summed E-state index contributed by atoms with van der Waals surface area (Å²) >= 11 is 0. The van der Waals surface area contributed by atoms with Gasteiger partial charge in [0.05, 0.1) is 23.7 Å². The van der Waals surface area contributed by atoms with Crippen molar-refractivity contribution in [3.8, 4) is 0 Å². The highest BCUT2D eigenvalue weighted by atomic mass is 16.5. The minimum atomic E-state index is -0.345. The maximum absolute atomic E-state index is 12.1. The summed E-state index contributed by atoms with van der Waals surface area (Å²) in [6.45, 7) is 7.06. The van der Waals surface area contributed by atoms with Gasteiger partial charge >= 0.3 is 5.97 Å². The molecule has 2 aromatic carbocycles. The molecule has 1 aliphatic carbocycles. The molecule has 32 heavy (non-hydrogen) atoms. The first-order valence-corrected chi connectivity index (χ1v) is 11.3. The fourth-order valence-electron chi connectivity index (χ4n) is 5.27. The third-order valence-corrected chi connectivity index (χ3v) is 6.48. The summed E-state index contributed by atoms with van der Waals surface area (Å²) in [6, 6.07) is 14.3. The summed E-state index contributed by atoms with van der Waals surface area (Å²) in [6.07, 6.45) is 3.44. The summed E-state index contributed by atoms with van der Waals surface area (Å²) in [7, 11) is 5.47. The van der Waals surface area contributed by atoms with Crippen LogP contribution < -0.4 is 10.2 Å². The number of benzene rings is 2. The average Bonchev–Trinajstić information content (AvgIpc) is 3.09. The van der Waals surface area contributed by atoms with E-state index in [-0.39, 0.29) is 11.4 Å². The van der Waals surface area contributed by atoms with Crippen molar-refractivity contribution in [1.82, 2.24) is 9.55 Å². The molecule has 6 nitrogen and oxygen atoms in total. The van der Waals surface area contributed by atoms with Gasteiger partial charge in [0.25, 0.3) is 0 Å². The molecule has 0 unspecified atom stereocenters. The Morgan fingerprint density at radius 2 is 1.88 bits per heavy atom. The van der Waals surface area contributed by atoms with E-state index in [0.29, 0.717) is 17.5 Å². The molecular formula is C26H34N4O2. The number of nitrogens with zero attached hydrogens (tertiary/aromatic N) is 3. The van der Waals surface area contributed by atoms with Crippen LogP contribution in [0, 0.1) is 11.3 Å². The Labute approximate surface area is 190 Å². The molecule has 0 radical (unpaired) electrons. The number of rotatable bonds is 5. The number of imidazole rings is 1. The van der Waals surface area contributed by atoms with Gasteiger partial charge in [0, 0.05) is 31.5 Å². The number of esters is 1. The van der Waals surface area contributed by atoms with Crippen LogP contribution in [0.1, 0.15) is 56.4 Å². The number of carbonyl (C=O) groups is 1. The topological polar surface area (TPSA) is 59.4 Å². The first-order valence-electron chi connectivity index (χ1n) is 11.3. The molecule has 1 aliphatic rings. The van der Waals surface area contributed by atoms with E-state index in [1.54, 1.807) is 0 Å². The SMILES string of the molecule is COC(=O)c1ccc2c(c1)nc(Nc1ccc(N(C)C)cc1)n2[C@@H]1C[C@@H](C)CC(C)(C)C1. The molecule has 3 aromatic rings. The van der Waals surface area contributed by atoms with E-state index in [1.165, 1.54) is 13.5 Å². The molecular weight excluding hydrogens is 400 g/mol. The van der Waals surface area contributed by atoms with Crippen LogP contribution in [0.15, 0.2) is 42.5 Å². The molecule has 1 heterocycles. The largest absolute Gasteiger partial charge is 0.465 e. The summed E-state index contributed by atoms with van der Waals surface area (Å²) in [4.78, 5) is 19.1. The monoisotopic (exact) mass is 434 g/mol. The number of ether oxygens (including phenoxy) is 1. The van der Waals surface area contributed by atoms with Gasteiger partial charge in [0.1, 0.15) is 0 Å². The second kappa shape index (κ2) is 8.49. The van der Waals surface area contributed by atoms with Gasteiger partial charge in [-0.05, 0) is 73.1 Å². The fraction of sp³-hybridized carbons (Fsp3) is 0.462. The lowest BCUT2D eigenvalue weighted by atomic mass is 9.70. The Morgan fingerprint density at radius 3 is 2.50 bits per heavy atom. The van der Waals surface area contributed by atoms with E-state index in [0.717, 1.165) is 41.2 Å². The van der Waals surface area contributed by atoms with Gasteiger partial charge in [-0.15, -0.1) is 0 Å². The highest BCUT2D eigenvalue weighted by Gasteiger charge is 2.34. The molecule has 6 heteroatoms. The van der Waals surface area contributed by atoms with Gasteiger partial charge in [-0.25, -0.2) is 9.78 Å². The average molecular weight is 435 g/mol. The van der Waals surface area contributed by atoms with E-state index in [2.05, 4.69) is 59.8 Å². The van der Waals surface area contributed by atoms with E-state index < -0.39 is 0 Å². The van der Waals surface area contributed by atoms with Crippen molar-refractivity contribution >= 4 is 34.3 Å². The van der Waals surface area contributed by atoms with Crippen molar-refractivity contribution in [1.29, 1.82) is 0 Å². The molecule has 0 bridgehead atoms. The Balaban J connectivity index is 1.78. The van der Waals surface area contributed by atoms with Crippen LogP contribution >= 0.6 is 0 Å². The van der Waals surface area contributed by atoms with Crippen molar-refractivity contribution in [2.75, 3.05) is 31.4 Å². The molecule has 4 rings (SSSR count). The van der Waals surface area contributed by atoms with E-state index >= 15 is 0 Å². The number of aromatic nitrogens is 2. The fourth-order valence-corrected chi connectivity index (χ4v) is 5.27. The van der Waals surface area contributed by atoms with Crippen LogP contribution in [-0.2, 0) is 4.74 Å². The normalized spacial score (nSPS) is 20.2. The number of methoxy groups -OCH3 is 1. The first-order chi connectivity index (χ1) is 15.2. The van der Waals surface area contributed by atoms with E-state index in [9.17, 15) is 4.79 Å². The van der Waals surface area contributed by atoms with Crippen LogP contribution in [0.2, 0.25) is 0 Å². The predicted octanol–water partition coefficient (Wildman–Crippen LogP) is 6.02. The second-order valence-corrected chi connectivity index (χ2v) is 10.1. The third kappa shape index (κ3) is 4.45. The van der Waals surface area contributed by atoms with Crippen LogP contribution in [0.3, 0.4) is 0 Å². The van der Waals surface area contributed by atoms with Gasteiger partial charge < -0.3 is 19.5 Å². The summed E-state index contributed by atoms with van der Waals surface area (Å²) < 4.78 is 7.25. The quantitative estimate of drug-likeness (QED) is 0.498. The molecule has 0 amide bonds. The minimum absolute atomic E-state index is 0.273. The first kappa shape index (κ1) is 22.2. The van der Waals surface area contributed by atoms with Crippen molar-refractivity contribution < 1.29 is 9.53 Å². The molecule has 1 fully saturated rings. The molecule has 2 atom stereocenters. The van der Waals surface area contributed by atoms with Crippen LogP contribution in [0.5, 0.6) is 0 Å². The maximum Gasteiger partial charge on any atom is 0.337 e. The van der Waals surface area contributed by atoms with Crippen LogP contribution in [-0.4, -0.2) is 36.7 Å². The number of carbonyl (C=O) groups excluding carboxylic acids is 1. The number of anilines is 3. The van der Waals surface area contributed by atoms with Gasteiger partial charge in [0.15, 0.2) is 0 Å². The zero-order valence-corrected chi connectivity index (χ0v) is 20.0. The Kier molecular flexibility index (Phi) is 5.89. The van der Waals surface area contributed by atoms with E-state index in [1.807, 2.05) is 32.3 Å². The lowest BCUT2D eigenvalue weighted by Gasteiger charge is -2.40. The molecule has 170 valence electrons. The summed E-state index contributed by atoms with van der Waals surface area (Å²) in [5.74, 6) is 1.11. The van der Waals surface area contributed by atoms with Crippen molar-refractivity contribution in [3.05, 3.63) is 48.0 Å². The number of fused-ring (bicyclic) bond motifs is 1. The Bertz CT molecular complexity index is 1110. The molecule has 1 aromatic heterocycles. The second-order valence-electron chi connectivity index (χ2n) is 10.1. The maximum atomic E-state index is 12.1. The minimum Gasteiger partial charge on any atom is -0.465 e. The molecule has 0 saturated heterocycles. The van der Waals surface area contributed by atoms with Gasteiger partial charge in [0.2, 0.25) is 5.95 Å². The lowest BCUT2D eigenvalue weighted by Crippen LogP contribution is -2.29. The van der Waals surface area contributed by atoms with Crippen LogP contribution in [0.25, 0.3) is 11.0 Å². The van der Waals surface area contributed by atoms with Crippen molar-refractivity contribution in [2.45, 2.75) is 46.1 Å².